The van der Waals surface area contributed by atoms with Crippen LogP contribution in [-0.2, 0) is 9.59 Å². The van der Waals surface area contributed by atoms with Gasteiger partial charge in [-0.3, -0.25) is 19.7 Å². The van der Waals surface area contributed by atoms with Crippen molar-refractivity contribution in [1.29, 1.82) is 0 Å². The van der Waals surface area contributed by atoms with Gasteiger partial charge in [0.15, 0.2) is 0 Å². The molecule has 0 aromatic rings. The van der Waals surface area contributed by atoms with E-state index in [1.807, 2.05) is 0 Å². The van der Waals surface area contributed by atoms with E-state index in [1.54, 1.807) is 0 Å². The standard InChI is InChI=1S/C5H6N2O4/c8-4-1-2-5(9)6(4)3-7(10)11/h1-3H2. The third-order valence-electron chi connectivity index (χ3n) is 1.41. The van der Waals surface area contributed by atoms with E-state index in [-0.39, 0.29) is 12.8 Å². The van der Waals surface area contributed by atoms with Crippen LogP contribution in [0.2, 0.25) is 0 Å². The zero-order chi connectivity index (χ0) is 8.43. The van der Waals surface area contributed by atoms with E-state index >= 15 is 0 Å². The van der Waals surface area contributed by atoms with Crippen LogP contribution in [0, 0.1) is 10.1 Å². The number of hydrogen-bond acceptors (Lipinski definition) is 4. The number of likely N-dealkylation sites (tertiary alicyclic amines) is 1. The van der Waals surface area contributed by atoms with Crippen LogP contribution in [0.25, 0.3) is 0 Å². The quantitative estimate of drug-likeness (QED) is 0.304. The molecule has 1 rings (SSSR count). The lowest BCUT2D eigenvalue weighted by atomic mass is 10.4. The minimum absolute atomic E-state index is 0.104. The first-order chi connectivity index (χ1) is 5.11. The maximum absolute atomic E-state index is 10.7. The Morgan fingerprint density at radius 1 is 1.36 bits per heavy atom. The van der Waals surface area contributed by atoms with Crippen LogP contribution in [0.15, 0.2) is 0 Å². The van der Waals surface area contributed by atoms with Crippen LogP contribution < -0.4 is 0 Å². The topological polar surface area (TPSA) is 80.5 Å². The minimum atomic E-state index is -0.697. The molecule has 0 atom stereocenters. The summed E-state index contributed by atoms with van der Waals surface area (Å²) in [5.41, 5.74) is 0. The zero-order valence-electron chi connectivity index (χ0n) is 5.65. The fourth-order valence-electron chi connectivity index (χ4n) is 0.896. The highest BCUT2D eigenvalue weighted by molar-refractivity contribution is 6.01. The largest absolute Gasteiger partial charge is 0.286 e. The summed E-state index contributed by atoms with van der Waals surface area (Å²) in [6.45, 7) is -0.697. The molecule has 0 aromatic carbocycles. The Balaban J connectivity index is 2.62. The molecule has 60 valence electrons. The zero-order valence-corrected chi connectivity index (χ0v) is 5.65. The van der Waals surface area contributed by atoms with Gasteiger partial charge in [-0.05, 0) is 0 Å². The third kappa shape index (κ3) is 1.51. The second-order valence-corrected chi connectivity index (χ2v) is 2.19. The lowest BCUT2D eigenvalue weighted by Crippen LogP contribution is -2.33. The lowest BCUT2D eigenvalue weighted by molar-refractivity contribution is -0.496. The second kappa shape index (κ2) is 2.65. The summed E-state index contributed by atoms with van der Waals surface area (Å²) in [5.74, 6) is -0.904. The van der Waals surface area contributed by atoms with Crippen LogP contribution in [0.5, 0.6) is 0 Å². The molecular formula is C5H6N2O4. The number of amides is 2. The van der Waals surface area contributed by atoms with Crippen molar-refractivity contribution in [1.82, 2.24) is 4.90 Å². The summed E-state index contributed by atoms with van der Waals surface area (Å²) in [4.78, 5) is 31.3. The minimum Gasteiger partial charge on any atom is -0.274 e. The molecule has 0 radical (unpaired) electrons. The summed E-state index contributed by atoms with van der Waals surface area (Å²) in [6.07, 6.45) is 0.208. The third-order valence-corrected chi connectivity index (χ3v) is 1.41. The van der Waals surface area contributed by atoms with Gasteiger partial charge in [-0.25, -0.2) is 4.90 Å². The molecule has 1 saturated heterocycles. The van der Waals surface area contributed by atoms with Crippen LogP contribution in [0.3, 0.4) is 0 Å². The van der Waals surface area contributed by atoms with Gasteiger partial charge in [0, 0.05) is 17.8 Å². The van der Waals surface area contributed by atoms with Gasteiger partial charge in [0.25, 0.3) is 6.67 Å². The highest BCUT2D eigenvalue weighted by Gasteiger charge is 2.31. The number of hydrogen-bond donors (Lipinski definition) is 0. The highest BCUT2D eigenvalue weighted by Crippen LogP contribution is 2.10. The van der Waals surface area contributed by atoms with Crippen LogP contribution >= 0.6 is 0 Å². The van der Waals surface area contributed by atoms with Crippen molar-refractivity contribution in [2.75, 3.05) is 6.67 Å². The van der Waals surface area contributed by atoms with Crippen molar-refractivity contribution in [2.45, 2.75) is 12.8 Å². The van der Waals surface area contributed by atoms with Crippen LogP contribution in [-0.4, -0.2) is 28.3 Å². The summed E-state index contributed by atoms with van der Waals surface area (Å²) >= 11 is 0. The van der Waals surface area contributed by atoms with E-state index in [4.69, 9.17) is 0 Å². The van der Waals surface area contributed by atoms with Crippen molar-refractivity contribution >= 4 is 11.8 Å². The van der Waals surface area contributed by atoms with Gasteiger partial charge in [-0.1, -0.05) is 0 Å². The van der Waals surface area contributed by atoms with Crippen molar-refractivity contribution < 1.29 is 14.5 Å². The maximum Gasteiger partial charge on any atom is 0.286 e. The average Bonchev–Trinajstić information content (AvgIpc) is 2.18. The molecular weight excluding hydrogens is 152 g/mol. The number of carbonyl (C=O) groups is 2. The van der Waals surface area contributed by atoms with Crippen molar-refractivity contribution in [3.8, 4) is 0 Å². The molecule has 0 bridgehead atoms. The molecule has 1 aliphatic rings. The first-order valence-corrected chi connectivity index (χ1v) is 3.06. The van der Waals surface area contributed by atoms with Gasteiger partial charge in [-0.15, -0.1) is 0 Å². The fourth-order valence-corrected chi connectivity index (χ4v) is 0.896. The van der Waals surface area contributed by atoms with Gasteiger partial charge in [-0.2, -0.15) is 0 Å². The van der Waals surface area contributed by atoms with Gasteiger partial charge >= 0.3 is 0 Å². The molecule has 1 aliphatic heterocycles. The van der Waals surface area contributed by atoms with Gasteiger partial charge in [0.2, 0.25) is 11.8 Å². The Bertz CT molecular complexity index is 209. The van der Waals surface area contributed by atoms with E-state index in [0.29, 0.717) is 4.90 Å². The summed E-state index contributed by atoms with van der Waals surface area (Å²) in [6, 6.07) is 0. The average molecular weight is 158 g/mol. The summed E-state index contributed by atoms with van der Waals surface area (Å²) in [5, 5.41) is 9.91. The molecule has 0 aromatic heterocycles. The van der Waals surface area contributed by atoms with E-state index in [1.165, 1.54) is 0 Å². The molecule has 1 heterocycles. The molecule has 0 N–H and O–H groups in total. The highest BCUT2D eigenvalue weighted by atomic mass is 16.6. The fraction of sp³-hybridized carbons (Fsp3) is 0.600. The SMILES string of the molecule is O=C1CCC(=O)N1C[N+](=O)[O-]. The smallest absolute Gasteiger partial charge is 0.274 e. The van der Waals surface area contributed by atoms with Crippen molar-refractivity contribution in [3.05, 3.63) is 10.1 Å². The monoisotopic (exact) mass is 158 g/mol. The predicted molar refractivity (Wildman–Crippen MR) is 32.9 cm³/mol. The first kappa shape index (κ1) is 7.64. The molecule has 0 spiro atoms. The maximum atomic E-state index is 10.7. The van der Waals surface area contributed by atoms with Crippen molar-refractivity contribution in [3.63, 3.8) is 0 Å². The van der Waals surface area contributed by atoms with Gasteiger partial charge in [0.05, 0.1) is 0 Å². The number of imide groups is 1. The molecule has 6 heteroatoms. The number of nitro groups is 1. The Morgan fingerprint density at radius 3 is 2.18 bits per heavy atom. The Hall–Kier alpha value is -1.46. The van der Waals surface area contributed by atoms with E-state index < -0.39 is 23.4 Å². The number of rotatable bonds is 2. The Morgan fingerprint density at radius 2 is 1.82 bits per heavy atom. The summed E-state index contributed by atoms with van der Waals surface area (Å²) in [7, 11) is 0. The van der Waals surface area contributed by atoms with E-state index in [9.17, 15) is 19.7 Å². The molecule has 1 fully saturated rings. The Labute approximate surface area is 61.9 Å². The van der Waals surface area contributed by atoms with Crippen LogP contribution in [0.4, 0.5) is 0 Å². The lowest BCUT2D eigenvalue weighted by Gasteiger charge is -2.05. The van der Waals surface area contributed by atoms with Crippen LogP contribution in [0.1, 0.15) is 12.8 Å². The molecule has 11 heavy (non-hydrogen) atoms. The molecule has 2 amide bonds. The van der Waals surface area contributed by atoms with E-state index in [2.05, 4.69) is 0 Å². The normalized spacial score (nSPS) is 17.6. The number of carbonyl (C=O) groups excluding carboxylic acids is 2. The Kier molecular flexibility index (Phi) is 1.84. The second-order valence-electron chi connectivity index (χ2n) is 2.19. The van der Waals surface area contributed by atoms with Gasteiger partial charge in [0.1, 0.15) is 0 Å². The molecule has 6 nitrogen and oxygen atoms in total. The summed E-state index contributed by atoms with van der Waals surface area (Å²) < 4.78 is 0. The molecule has 0 aliphatic carbocycles. The number of nitrogens with zero attached hydrogens (tertiary/aromatic N) is 2. The molecule has 0 saturated carbocycles. The van der Waals surface area contributed by atoms with Crippen molar-refractivity contribution in [2.24, 2.45) is 0 Å². The van der Waals surface area contributed by atoms with E-state index in [0.717, 1.165) is 0 Å². The first-order valence-electron chi connectivity index (χ1n) is 3.06. The predicted octanol–water partition coefficient (Wildman–Crippen LogP) is -0.630. The molecule has 0 unspecified atom stereocenters. The van der Waals surface area contributed by atoms with Gasteiger partial charge < -0.3 is 0 Å².